The maximum atomic E-state index is 14.4. The lowest BCUT2D eigenvalue weighted by molar-refractivity contribution is -0.388. The number of nitro benzene ring substituents is 1. The van der Waals surface area contributed by atoms with Crippen molar-refractivity contribution < 1.29 is 36.8 Å². The first kappa shape index (κ1) is 55.7. The SMILES string of the molecule is COC(=O)c1c(C)c2c(-c3c(CNS(=O)(=O)c4cccc(Cc5cc(CSc6cc(OCc7ccc(OC)cc7)c7ccccc7c6)n(C)n5)c4[N+](=O)[O-])nn(C)c3C)c(Cl)ccc2n1CCCO[Si](C)(C)C(C)(C)C. The van der Waals surface area contributed by atoms with Gasteiger partial charge in [-0.1, -0.05) is 80.9 Å². The number of benzene rings is 5. The monoisotopic (exact) mass is 1110 g/mol. The first-order valence-electron chi connectivity index (χ1n) is 24.8. The normalized spacial score (nSPS) is 12.2. The first-order chi connectivity index (χ1) is 36.0. The highest BCUT2D eigenvalue weighted by molar-refractivity contribution is 7.98. The van der Waals surface area contributed by atoms with Gasteiger partial charge in [-0.25, -0.2) is 17.9 Å². The predicted octanol–water partition coefficient (Wildman–Crippen LogP) is 12.3. The highest BCUT2D eigenvalue weighted by Crippen LogP contribution is 2.43. The van der Waals surface area contributed by atoms with Crippen molar-refractivity contribution in [2.24, 2.45) is 14.1 Å². The van der Waals surface area contributed by atoms with Crippen LogP contribution in [0.2, 0.25) is 23.2 Å². The number of rotatable bonds is 21. The molecule has 0 spiro atoms. The average Bonchev–Trinajstić information content (AvgIpc) is 4.00. The molecule has 400 valence electrons. The Morgan fingerprint density at radius 1 is 0.921 bits per heavy atom. The molecule has 5 aromatic carbocycles. The maximum absolute atomic E-state index is 14.4. The van der Waals surface area contributed by atoms with Crippen molar-refractivity contribution in [1.29, 1.82) is 0 Å². The Hall–Kier alpha value is -6.48. The highest BCUT2D eigenvalue weighted by atomic mass is 35.5. The lowest BCUT2D eigenvalue weighted by atomic mass is 9.97. The van der Waals surface area contributed by atoms with E-state index in [-0.39, 0.29) is 23.6 Å². The molecule has 0 unspecified atom stereocenters. The van der Waals surface area contributed by atoms with E-state index in [0.29, 0.717) is 81.8 Å². The molecule has 8 rings (SSSR count). The quantitative estimate of drug-likeness (QED) is 0.0180. The molecule has 0 aliphatic rings. The van der Waals surface area contributed by atoms with E-state index >= 15 is 0 Å². The van der Waals surface area contributed by atoms with Crippen LogP contribution in [0.4, 0.5) is 5.69 Å². The van der Waals surface area contributed by atoms with E-state index in [1.54, 1.807) is 47.4 Å². The van der Waals surface area contributed by atoms with Gasteiger partial charge in [0, 0.05) is 93.7 Å². The average molecular weight is 1110 g/mol. The lowest BCUT2D eigenvalue weighted by Crippen LogP contribution is -2.41. The Kier molecular flexibility index (Phi) is 16.6. The van der Waals surface area contributed by atoms with Crippen LogP contribution in [-0.2, 0) is 65.2 Å². The van der Waals surface area contributed by atoms with E-state index in [9.17, 15) is 23.3 Å². The topological polar surface area (TPSA) is 184 Å². The molecule has 0 aliphatic carbocycles. The smallest absolute Gasteiger partial charge is 0.354 e. The van der Waals surface area contributed by atoms with Gasteiger partial charge < -0.3 is 23.2 Å². The van der Waals surface area contributed by atoms with Crippen LogP contribution in [0, 0.1) is 24.0 Å². The van der Waals surface area contributed by atoms with Crippen LogP contribution in [-0.4, -0.2) is 72.6 Å². The number of para-hydroxylation sites is 1. The Balaban J connectivity index is 1.02. The largest absolute Gasteiger partial charge is 0.497 e. The number of hydrogen-bond acceptors (Lipinski definition) is 12. The highest BCUT2D eigenvalue weighted by Gasteiger charge is 2.37. The van der Waals surface area contributed by atoms with Crippen molar-refractivity contribution in [3.8, 4) is 22.6 Å². The fourth-order valence-corrected chi connectivity index (χ4v) is 12.7. The first-order valence-corrected chi connectivity index (χ1v) is 30.5. The number of nitrogens with one attached hydrogen (secondary N) is 1. The minimum Gasteiger partial charge on any atom is -0.497 e. The van der Waals surface area contributed by atoms with Crippen LogP contribution < -0.4 is 14.2 Å². The van der Waals surface area contributed by atoms with Crippen molar-refractivity contribution >= 4 is 75.0 Å². The summed E-state index contributed by atoms with van der Waals surface area (Å²) in [6, 6.07) is 29.7. The summed E-state index contributed by atoms with van der Waals surface area (Å²) < 4.78 is 60.1. The molecular weight excluding hydrogens is 1040 g/mol. The molecule has 76 heavy (non-hydrogen) atoms. The second-order valence-electron chi connectivity index (χ2n) is 20.3. The van der Waals surface area contributed by atoms with Crippen molar-refractivity contribution in [3.05, 3.63) is 157 Å². The van der Waals surface area contributed by atoms with Crippen LogP contribution in [0.5, 0.6) is 11.5 Å². The molecule has 0 bridgehead atoms. The van der Waals surface area contributed by atoms with Gasteiger partial charge in [-0.15, -0.1) is 11.8 Å². The minimum atomic E-state index is -4.54. The molecule has 1 N–H and O–H groups in total. The van der Waals surface area contributed by atoms with Gasteiger partial charge in [-0.05, 0) is 103 Å². The second kappa shape index (κ2) is 22.6. The minimum absolute atomic E-state index is 0.000190. The number of nitrogens with zero attached hydrogens (tertiary/aromatic N) is 6. The van der Waals surface area contributed by atoms with E-state index in [1.165, 1.54) is 19.2 Å². The number of aryl methyl sites for hydroxylation is 4. The van der Waals surface area contributed by atoms with Crippen molar-refractivity contribution in [1.82, 2.24) is 28.9 Å². The molecule has 0 amide bonds. The number of carbonyl (C=O) groups is 1. The zero-order chi connectivity index (χ0) is 54.9. The number of hydrogen-bond donors (Lipinski definition) is 1. The molecule has 0 aliphatic heterocycles. The van der Waals surface area contributed by atoms with Crippen LogP contribution in [0.1, 0.15) is 77.1 Å². The number of carbonyl (C=O) groups excluding carboxylic acids is 1. The molecule has 16 nitrogen and oxygen atoms in total. The number of sulfonamides is 1. The number of halogens is 1. The van der Waals surface area contributed by atoms with Gasteiger partial charge in [-0.3, -0.25) is 19.5 Å². The number of methoxy groups -OCH3 is 2. The van der Waals surface area contributed by atoms with Gasteiger partial charge in [0.2, 0.25) is 10.0 Å². The molecule has 0 fully saturated rings. The number of esters is 1. The van der Waals surface area contributed by atoms with E-state index < -0.39 is 39.8 Å². The molecule has 20 heteroatoms. The zero-order valence-corrected chi connectivity index (χ0v) is 48.1. The van der Waals surface area contributed by atoms with Gasteiger partial charge in [0.25, 0.3) is 5.69 Å². The number of aromatic nitrogens is 5. The summed E-state index contributed by atoms with van der Waals surface area (Å²) >= 11 is 8.70. The van der Waals surface area contributed by atoms with E-state index in [4.69, 9.17) is 40.4 Å². The molecule has 3 aromatic heterocycles. The zero-order valence-electron chi connectivity index (χ0n) is 44.7. The Morgan fingerprint density at radius 3 is 2.36 bits per heavy atom. The number of ether oxygens (including phenoxy) is 3. The van der Waals surface area contributed by atoms with Gasteiger partial charge in [-0.2, -0.15) is 10.2 Å². The standard InChI is InChI=1S/C56H64ClN7O9S2Si/c1-35-50-47(63(53(35)55(65)71-9)26-15-27-73-76(10,11)56(3,4)5)25-24-45(57)52(50)51-36(2)61(6)60-46(51)32-58-75(68,69)49-19-14-17-39(54(49)64(66)67)28-40-30-41(62(7)59-40)34-74-43-29-38-16-12-13-18-44(38)48(31-43)72-33-37-20-22-42(70-8)23-21-37/h12-14,16-25,29-31,58H,15,26-28,32-34H2,1-11H3. The molecule has 0 radical (unpaired) electrons. The summed E-state index contributed by atoms with van der Waals surface area (Å²) in [7, 11) is -0.0388. The maximum Gasteiger partial charge on any atom is 0.354 e. The molecule has 0 saturated heterocycles. The molecular formula is C56H64ClN7O9S2Si. The van der Waals surface area contributed by atoms with Crippen molar-refractivity contribution in [3.63, 3.8) is 0 Å². The Labute approximate surface area is 454 Å². The van der Waals surface area contributed by atoms with Gasteiger partial charge in [0.15, 0.2) is 13.2 Å². The van der Waals surface area contributed by atoms with E-state index in [2.05, 4.69) is 44.7 Å². The third-order valence-corrected chi connectivity index (χ3v) is 21.7. The van der Waals surface area contributed by atoms with Gasteiger partial charge >= 0.3 is 5.97 Å². The summed E-state index contributed by atoms with van der Waals surface area (Å²) in [6.45, 7) is 15.7. The molecule has 0 atom stereocenters. The summed E-state index contributed by atoms with van der Waals surface area (Å²) in [5.41, 5.74) is 5.89. The van der Waals surface area contributed by atoms with Crippen LogP contribution >= 0.6 is 23.4 Å². The summed E-state index contributed by atoms with van der Waals surface area (Å²) in [5, 5.41) is 25.4. The lowest BCUT2D eigenvalue weighted by Gasteiger charge is -2.36. The summed E-state index contributed by atoms with van der Waals surface area (Å²) in [6.07, 6.45) is 0.629. The number of thioether (sulfide) groups is 1. The Bertz CT molecular complexity index is 3600. The van der Waals surface area contributed by atoms with E-state index in [0.717, 1.165) is 43.9 Å². The third-order valence-electron chi connectivity index (χ3n) is 14.4. The van der Waals surface area contributed by atoms with Crippen LogP contribution in [0.25, 0.3) is 32.8 Å². The molecule has 0 saturated carbocycles. The van der Waals surface area contributed by atoms with Crippen molar-refractivity contribution in [2.45, 2.75) is 101 Å². The fourth-order valence-electron chi connectivity index (χ4n) is 9.20. The third kappa shape index (κ3) is 11.6. The number of fused-ring (bicyclic) bond motifs is 2. The fraction of sp³-hybridized carbons (Fsp3) is 0.339. The summed E-state index contributed by atoms with van der Waals surface area (Å²) in [5.74, 6) is 1.54. The van der Waals surface area contributed by atoms with E-state index in [1.807, 2.05) is 92.2 Å². The van der Waals surface area contributed by atoms with Crippen LogP contribution in [0.3, 0.4) is 0 Å². The molecule has 8 aromatic rings. The predicted molar refractivity (Wildman–Crippen MR) is 302 cm³/mol. The summed E-state index contributed by atoms with van der Waals surface area (Å²) in [4.78, 5) is 26.2. The Morgan fingerprint density at radius 2 is 1.66 bits per heavy atom. The van der Waals surface area contributed by atoms with Gasteiger partial charge in [0.05, 0.1) is 37.1 Å². The number of nitro groups is 1. The van der Waals surface area contributed by atoms with Crippen molar-refractivity contribution in [2.75, 3.05) is 20.8 Å². The van der Waals surface area contributed by atoms with Gasteiger partial charge in [0.1, 0.15) is 23.8 Å². The van der Waals surface area contributed by atoms with Crippen LogP contribution in [0.15, 0.2) is 107 Å². The second-order valence-corrected chi connectivity index (χ2v) is 28.3. The molecule has 3 heterocycles.